The molecule has 5 heteroatoms. The first kappa shape index (κ1) is 9.08. The van der Waals surface area contributed by atoms with Gasteiger partial charge in [-0.25, -0.2) is 0 Å². The molecule has 14 heavy (non-hydrogen) atoms. The molecule has 0 aliphatic carbocycles. The summed E-state index contributed by atoms with van der Waals surface area (Å²) in [7, 11) is 0. The van der Waals surface area contributed by atoms with Crippen LogP contribution in [0.5, 0.6) is 0 Å². The van der Waals surface area contributed by atoms with Crippen molar-refractivity contribution in [2.24, 2.45) is 4.99 Å². The maximum Gasteiger partial charge on any atom is 0.191 e. The molecule has 2 heterocycles. The summed E-state index contributed by atoms with van der Waals surface area (Å²) >= 11 is 0. The SMILES string of the molecule is OC1CN=C(NCc2ccco2)NC1. The lowest BCUT2D eigenvalue weighted by Gasteiger charge is -2.19. The van der Waals surface area contributed by atoms with E-state index in [9.17, 15) is 0 Å². The molecule has 1 unspecified atom stereocenters. The topological polar surface area (TPSA) is 69.8 Å². The number of aliphatic hydroxyl groups is 1. The molecule has 1 aliphatic rings. The number of β-amino-alcohol motifs (C(OH)–C–C–N with tert-alkyl or cyclic N) is 1. The van der Waals surface area contributed by atoms with Gasteiger partial charge in [0.2, 0.25) is 0 Å². The van der Waals surface area contributed by atoms with E-state index in [2.05, 4.69) is 15.6 Å². The third-order valence-electron chi connectivity index (χ3n) is 1.98. The molecule has 76 valence electrons. The van der Waals surface area contributed by atoms with Crippen LogP contribution >= 0.6 is 0 Å². The Bertz CT molecular complexity index is 308. The normalized spacial score (nSPS) is 21.2. The summed E-state index contributed by atoms with van der Waals surface area (Å²) in [4.78, 5) is 4.11. The van der Waals surface area contributed by atoms with Gasteiger partial charge in [-0.1, -0.05) is 0 Å². The zero-order chi connectivity index (χ0) is 9.80. The highest BCUT2D eigenvalue weighted by molar-refractivity contribution is 5.80. The summed E-state index contributed by atoms with van der Waals surface area (Å²) in [6.07, 6.45) is 1.26. The van der Waals surface area contributed by atoms with Gasteiger partial charge in [-0.15, -0.1) is 0 Å². The van der Waals surface area contributed by atoms with Crippen LogP contribution in [0.3, 0.4) is 0 Å². The van der Waals surface area contributed by atoms with Crippen LogP contribution in [0.25, 0.3) is 0 Å². The van der Waals surface area contributed by atoms with Crippen LogP contribution < -0.4 is 10.6 Å². The Morgan fingerprint density at radius 2 is 2.64 bits per heavy atom. The fraction of sp³-hybridized carbons (Fsp3) is 0.444. The van der Waals surface area contributed by atoms with E-state index in [1.165, 1.54) is 0 Å². The zero-order valence-corrected chi connectivity index (χ0v) is 7.73. The molecule has 1 atom stereocenters. The average Bonchev–Trinajstić information content (AvgIpc) is 2.70. The average molecular weight is 195 g/mol. The van der Waals surface area contributed by atoms with Crippen molar-refractivity contribution in [1.29, 1.82) is 0 Å². The van der Waals surface area contributed by atoms with Crippen molar-refractivity contribution >= 4 is 5.96 Å². The summed E-state index contributed by atoms with van der Waals surface area (Å²) in [5.41, 5.74) is 0. The highest BCUT2D eigenvalue weighted by atomic mass is 16.3. The standard InChI is InChI=1S/C9H13N3O2/c13-7-4-10-9(11-5-7)12-6-8-2-1-3-14-8/h1-3,7,13H,4-6H2,(H2,10,11,12). The molecule has 2 rings (SSSR count). The quantitative estimate of drug-likeness (QED) is 0.605. The van der Waals surface area contributed by atoms with Gasteiger partial charge in [0.25, 0.3) is 0 Å². The third kappa shape index (κ3) is 2.26. The maximum atomic E-state index is 9.16. The van der Waals surface area contributed by atoms with Gasteiger partial charge in [0.15, 0.2) is 5.96 Å². The van der Waals surface area contributed by atoms with E-state index >= 15 is 0 Å². The van der Waals surface area contributed by atoms with Gasteiger partial charge in [0.05, 0.1) is 25.5 Å². The Kier molecular flexibility index (Phi) is 2.69. The number of aliphatic hydroxyl groups excluding tert-OH is 1. The molecule has 0 aromatic carbocycles. The van der Waals surface area contributed by atoms with Gasteiger partial charge < -0.3 is 20.2 Å². The molecule has 0 bridgehead atoms. The fourth-order valence-electron chi connectivity index (χ4n) is 1.23. The number of aliphatic imine (C=N–C) groups is 1. The second kappa shape index (κ2) is 4.15. The van der Waals surface area contributed by atoms with E-state index in [0.29, 0.717) is 25.6 Å². The van der Waals surface area contributed by atoms with Gasteiger partial charge >= 0.3 is 0 Å². The van der Waals surface area contributed by atoms with Crippen molar-refractivity contribution in [2.75, 3.05) is 13.1 Å². The van der Waals surface area contributed by atoms with E-state index in [4.69, 9.17) is 9.52 Å². The van der Waals surface area contributed by atoms with E-state index in [1.54, 1.807) is 6.26 Å². The van der Waals surface area contributed by atoms with Gasteiger partial charge in [-0.2, -0.15) is 0 Å². The number of nitrogens with one attached hydrogen (secondary N) is 2. The molecule has 3 N–H and O–H groups in total. The molecular formula is C9H13N3O2. The Hall–Kier alpha value is -1.49. The smallest absolute Gasteiger partial charge is 0.191 e. The van der Waals surface area contributed by atoms with Crippen molar-refractivity contribution in [3.8, 4) is 0 Å². The van der Waals surface area contributed by atoms with E-state index < -0.39 is 0 Å². The van der Waals surface area contributed by atoms with Gasteiger partial charge in [-0.05, 0) is 12.1 Å². The minimum Gasteiger partial charge on any atom is -0.467 e. The van der Waals surface area contributed by atoms with Crippen molar-refractivity contribution < 1.29 is 9.52 Å². The van der Waals surface area contributed by atoms with Crippen LogP contribution in [-0.4, -0.2) is 30.3 Å². The number of rotatable bonds is 2. The molecule has 5 nitrogen and oxygen atoms in total. The number of hydrogen-bond donors (Lipinski definition) is 3. The summed E-state index contributed by atoms with van der Waals surface area (Å²) in [6.45, 7) is 1.60. The van der Waals surface area contributed by atoms with Gasteiger partial charge in [0.1, 0.15) is 5.76 Å². The molecule has 1 aromatic rings. The molecule has 0 radical (unpaired) electrons. The summed E-state index contributed by atoms with van der Waals surface area (Å²) < 4.78 is 5.15. The first-order valence-electron chi connectivity index (χ1n) is 4.57. The predicted octanol–water partition coefficient (Wildman–Crippen LogP) is -0.311. The molecule has 1 aliphatic heterocycles. The van der Waals surface area contributed by atoms with E-state index in [-0.39, 0.29) is 6.10 Å². The van der Waals surface area contributed by atoms with Crippen LogP contribution in [0, 0.1) is 0 Å². The lowest BCUT2D eigenvalue weighted by molar-refractivity contribution is 0.180. The lowest BCUT2D eigenvalue weighted by Crippen LogP contribution is -2.45. The highest BCUT2D eigenvalue weighted by Gasteiger charge is 2.11. The van der Waals surface area contributed by atoms with Crippen LogP contribution in [0.15, 0.2) is 27.8 Å². The van der Waals surface area contributed by atoms with Crippen molar-refractivity contribution in [1.82, 2.24) is 10.6 Å². The minimum atomic E-state index is -0.371. The van der Waals surface area contributed by atoms with E-state index in [1.807, 2.05) is 12.1 Å². The molecule has 0 saturated carbocycles. The predicted molar refractivity (Wildman–Crippen MR) is 51.9 cm³/mol. The Labute approximate surface area is 81.8 Å². The summed E-state index contributed by atoms with van der Waals surface area (Å²) in [5, 5.41) is 15.2. The van der Waals surface area contributed by atoms with Crippen molar-refractivity contribution in [3.05, 3.63) is 24.2 Å². The van der Waals surface area contributed by atoms with Gasteiger partial charge in [0, 0.05) is 6.54 Å². The van der Waals surface area contributed by atoms with Crippen LogP contribution in [-0.2, 0) is 6.54 Å². The number of hydrogen-bond acceptors (Lipinski definition) is 5. The lowest BCUT2D eigenvalue weighted by atomic mass is 10.3. The minimum absolute atomic E-state index is 0.371. The number of guanidine groups is 1. The second-order valence-electron chi connectivity index (χ2n) is 3.16. The summed E-state index contributed by atoms with van der Waals surface area (Å²) in [5.74, 6) is 1.58. The molecule has 0 saturated heterocycles. The fourth-order valence-corrected chi connectivity index (χ4v) is 1.23. The molecule has 1 aromatic heterocycles. The van der Waals surface area contributed by atoms with Crippen LogP contribution in [0.4, 0.5) is 0 Å². The molecule has 0 fully saturated rings. The van der Waals surface area contributed by atoms with Crippen LogP contribution in [0.1, 0.15) is 5.76 Å². The monoisotopic (exact) mass is 195 g/mol. The van der Waals surface area contributed by atoms with Crippen molar-refractivity contribution in [3.63, 3.8) is 0 Å². The highest BCUT2D eigenvalue weighted by Crippen LogP contribution is 1.98. The summed E-state index contributed by atoms with van der Waals surface area (Å²) in [6, 6.07) is 3.74. The third-order valence-corrected chi connectivity index (χ3v) is 1.98. The molecule has 0 spiro atoms. The Balaban J connectivity index is 1.81. The van der Waals surface area contributed by atoms with E-state index in [0.717, 1.165) is 5.76 Å². The van der Waals surface area contributed by atoms with Crippen LogP contribution in [0.2, 0.25) is 0 Å². The number of nitrogens with zero attached hydrogens (tertiary/aromatic N) is 1. The van der Waals surface area contributed by atoms with Crippen molar-refractivity contribution in [2.45, 2.75) is 12.6 Å². The Morgan fingerprint density at radius 1 is 1.71 bits per heavy atom. The second-order valence-corrected chi connectivity index (χ2v) is 3.16. The largest absolute Gasteiger partial charge is 0.467 e. The van der Waals surface area contributed by atoms with Gasteiger partial charge in [-0.3, -0.25) is 4.99 Å². The zero-order valence-electron chi connectivity index (χ0n) is 7.73. The first-order chi connectivity index (χ1) is 6.84. The molecule has 0 amide bonds. The Morgan fingerprint density at radius 3 is 3.29 bits per heavy atom. The number of furan rings is 1. The maximum absolute atomic E-state index is 9.16. The molecular weight excluding hydrogens is 182 g/mol. The first-order valence-corrected chi connectivity index (χ1v) is 4.57.